The molecular formula is C18H27N5O2S2. The molecule has 3 rings (SSSR count). The van der Waals surface area contributed by atoms with Gasteiger partial charge in [0.2, 0.25) is 10.0 Å². The van der Waals surface area contributed by atoms with E-state index < -0.39 is 10.0 Å². The van der Waals surface area contributed by atoms with Crippen LogP contribution >= 0.6 is 11.3 Å². The number of thiazole rings is 1. The summed E-state index contributed by atoms with van der Waals surface area (Å²) in [6, 6.07) is 0.380. The van der Waals surface area contributed by atoms with Crippen molar-refractivity contribution in [2.45, 2.75) is 57.7 Å². The second-order valence-corrected chi connectivity index (χ2v) is 10.5. The van der Waals surface area contributed by atoms with Crippen LogP contribution in [0.3, 0.4) is 0 Å². The number of aromatic nitrogens is 3. The predicted octanol–water partition coefficient (Wildman–Crippen LogP) is 3.21. The molecule has 7 nitrogen and oxygen atoms in total. The van der Waals surface area contributed by atoms with Crippen LogP contribution in [0, 0.1) is 12.8 Å². The van der Waals surface area contributed by atoms with Crippen LogP contribution in [0.4, 0.5) is 5.13 Å². The topological polar surface area (TPSA) is 96.9 Å². The van der Waals surface area contributed by atoms with E-state index in [-0.39, 0.29) is 5.25 Å². The summed E-state index contributed by atoms with van der Waals surface area (Å²) in [6.07, 6.45) is 7.44. The number of rotatable bonds is 7. The van der Waals surface area contributed by atoms with Gasteiger partial charge in [0.05, 0.1) is 10.9 Å². The molecule has 9 heteroatoms. The summed E-state index contributed by atoms with van der Waals surface area (Å²) in [4.78, 5) is 13.3. The number of sulfonamides is 1. The van der Waals surface area contributed by atoms with Gasteiger partial charge in [-0.2, -0.15) is 0 Å². The normalized spacial score (nSPS) is 20.7. The number of anilines is 1. The third-order valence-corrected chi connectivity index (χ3v) is 7.58. The molecule has 0 bridgehead atoms. The standard InChI is InChI=1S/C18H27N5O2S2/c1-12(2)27(24,25)21-10-14-4-6-15(7-5-14)22-18-23-16(11-26-18)17-13(3)19-8-9-20-17/h8-9,11-12,14-15,21H,4-7,10H2,1-3H3,(H,22,23). The summed E-state index contributed by atoms with van der Waals surface area (Å²) < 4.78 is 26.5. The molecule has 0 saturated heterocycles. The van der Waals surface area contributed by atoms with Gasteiger partial charge in [0.1, 0.15) is 11.4 Å². The Hall–Kier alpha value is -1.58. The zero-order valence-corrected chi connectivity index (χ0v) is 17.6. The number of hydrogen-bond acceptors (Lipinski definition) is 7. The maximum Gasteiger partial charge on any atom is 0.213 e. The molecule has 1 saturated carbocycles. The summed E-state index contributed by atoms with van der Waals surface area (Å²) in [5.74, 6) is 0.408. The molecule has 0 aliphatic heterocycles. The van der Waals surface area contributed by atoms with Gasteiger partial charge >= 0.3 is 0 Å². The van der Waals surface area contributed by atoms with Gasteiger partial charge in [0.15, 0.2) is 5.13 Å². The Labute approximate surface area is 165 Å². The molecule has 1 aliphatic carbocycles. The van der Waals surface area contributed by atoms with Crippen molar-refractivity contribution >= 4 is 26.5 Å². The highest BCUT2D eigenvalue weighted by molar-refractivity contribution is 7.90. The molecule has 2 aromatic heterocycles. The zero-order valence-electron chi connectivity index (χ0n) is 16.0. The van der Waals surface area contributed by atoms with Gasteiger partial charge in [-0.1, -0.05) is 0 Å². The Morgan fingerprint density at radius 2 is 1.89 bits per heavy atom. The van der Waals surface area contributed by atoms with Crippen LogP contribution in [0.1, 0.15) is 45.2 Å². The van der Waals surface area contributed by atoms with Crippen LogP contribution in [-0.2, 0) is 10.0 Å². The lowest BCUT2D eigenvalue weighted by Gasteiger charge is -2.29. The fourth-order valence-electron chi connectivity index (χ4n) is 3.19. The smallest absolute Gasteiger partial charge is 0.213 e. The molecule has 1 fully saturated rings. The van der Waals surface area contributed by atoms with Gasteiger partial charge in [-0.3, -0.25) is 9.97 Å². The van der Waals surface area contributed by atoms with Crippen molar-refractivity contribution in [1.29, 1.82) is 0 Å². The van der Waals surface area contributed by atoms with Crippen LogP contribution in [-0.4, -0.2) is 41.2 Å². The lowest BCUT2D eigenvalue weighted by atomic mass is 9.86. The average Bonchev–Trinajstić information content (AvgIpc) is 3.09. The Bertz CT molecular complexity index is 858. The Kier molecular flexibility index (Phi) is 6.44. The van der Waals surface area contributed by atoms with Gasteiger partial charge < -0.3 is 5.32 Å². The highest BCUT2D eigenvalue weighted by Gasteiger charge is 2.24. The second kappa shape index (κ2) is 8.62. The summed E-state index contributed by atoms with van der Waals surface area (Å²) in [5, 5.41) is 6.05. The maximum atomic E-state index is 11.9. The van der Waals surface area contributed by atoms with E-state index in [1.54, 1.807) is 37.6 Å². The second-order valence-electron chi connectivity index (χ2n) is 7.33. The number of nitrogens with zero attached hydrogens (tertiary/aromatic N) is 3. The average molecular weight is 410 g/mol. The van der Waals surface area contributed by atoms with E-state index in [4.69, 9.17) is 0 Å². The minimum atomic E-state index is -3.17. The highest BCUT2D eigenvalue weighted by Crippen LogP contribution is 2.29. The minimum Gasteiger partial charge on any atom is -0.359 e. The first-order chi connectivity index (χ1) is 12.8. The minimum absolute atomic E-state index is 0.380. The maximum absolute atomic E-state index is 11.9. The summed E-state index contributed by atoms with van der Waals surface area (Å²) in [6.45, 7) is 5.88. The van der Waals surface area contributed by atoms with Crippen molar-refractivity contribution in [2.75, 3.05) is 11.9 Å². The Balaban J connectivity index is 1.49. The largest absolute Gasteiger partial charge is 0.359 e. The summed E-state index contributed by atoms with van der Waals surface area (Å²) in [7, 11) is -3.17. The quantitative estimate of drug-likeness (QED) is 0.729. The van der Waals surface area contributed by atoms with E-state index in [0.717, 1.165) is 47.9 Å². The van der Waals surface area contributed by atoms with Gasteiger partial charge in [0.25, 0.3) is 0 Å². The number of aryl methyl sites for hydroxylation is 1. The number of hydrogen-bond donors (Lipinski definition) is 2. The predicted molar refractivity (Wildman–Crippen MR) is 109 cm³/mol. The lowest BCUT2D eigenvalue weighted by Crippen LogP contribution is -2.37. The fourth-order valence-corrected chi connectivity index (χ4v) is 4.77. The third-order valence-electron chi connectivity index (χ3n) is 5.00. The third kappa shape index (κ3) is 5.24. The van der Waals surface area contributed by atoms with Crippen molar-refractivity contribution < 1.29 is 8.42 Å². The molecule has 27 heavy (non-hydrogen) atoms. The molecule has 0 radical (unpaired) electrons. The molecule has 0 spiro atoms. The first kappa shape index (κ1) is 20.2. The van der Waals surface area contributed by atoms with Crippen LogP contribution in [0.2, 0.25) is 0 Å². The van der Waals surface area contributed by atoms with Crippen molar-refractivity contribution in [1.82, 2.24) is 19.7 Å². The van der Waals surface area contributed by atoms with Crippen molar-refractivity contribution in [2.24, 2.45) is 5.92 Å². The first-order valence-corrected chi connectivity index (χ1v) is 11.8. The summed E-state index contributed by atoms with van der Waals surface area (Å²) in [5.41, 5.74) is 2.55. The van der Waals surface area contributed by atoms with Crippen molar-refractivity contribution in [3.63, 3.8) is 0 Å². The van der Waals surface area contributed by atoms with E-state index in [9.17, 15) is 8.42 Å². The Morgan fingerprint density at radius 1 is 1.19 bits per heavy atom. The van der Waals surface area contributed by atoms with Crippen LogP contribution in [0.15, 0.2) is 17.8 Å². The van der Waals surface area contributed by atoms with Crippen molar-refractivity contribution in [3.8, 4) is 11.4 Å². The van der Waals surface area contributed by atoms with E-state index >= 15 is 0 Å². The molecule has 0 amide bonds. The van der Waals surface area contributed by atoms with E-state index in [0.29, 0.717) is 18.5 Å². The molecule has 0 atom stereocenters. The summed E-state index contributed by atoms with van der Waals surface area (Å²) >= 11 is 1.58. The molecule has 148 valence electrons. The molecule has 2 aromatic rings. The van der Waals surface area contributed by atoms with Gasteiger partial charge in [-0.25, -0.2) is 18.1 Å². The molecule has 0 unspecified atom stereocenters. The van der Waals surface area contributed by atoms with E-state index in [1.165, 1.54) is 0 Å². The molecular weight excluding hydrogens is 382 g/mol. The fraction of sp³-hybridized carbons (Fsp3) is 0.611. The van der Waals surface area contributed by atoms with Crippen LogP contribution in [0.5, 0.6) is 0 Å². The number of nitrogens with one attached hydrogen (secondary N) is 2. The molecule has 1 aliphatic rings. The van der Waals surface area contributed by atoms with Gasteiger partial charge in [0, 0.05) is 30.4 Å². The Morgan fingerprint density at radius 3 is 2.56 bits per heavy atom. The SMILES string of the molecule is Cc1nccnc1-c1csc(NC2CCC(CNS(=O)(=O)C(C)C)CC2)n1. The van der Waals surface area contributed by atoms with Crippen LogP contribution < -0.4 is 10.0 Å². The molecule has 0 aromatic carbocycles. The highest BCUT2D eigenvalue weighted by atomic mass is 32.2. The van der Waals surface area contributed by atoms with E-state index in [2.05, 4.69) is 25.0 Å². The van der Waals surface area contributed by atoms with E-state index in [1.807, 2.05) is 12.3 Å². The van der Waals surface area contributed by atoms with Crippen molar-refractivity contribution in [3.05, 3.63) is 23.5 Å². The van der Waals surface area contributed by atoms with Gasteiger partial charge in [-0.15, -0.1) is 11.3 Å². The lowest BCUT2D eigenvalue weighted by molar-refractivity contribution is 0.337. The first-order valence-electron chi connectivity index (χ1n) is 9.33. The molecule has 2 N–H and O–H groups in total. The zero-order chi connectivity index (χ0) is 19.4. The monoisotopic (exact) mass is 409 g/mol. The van der Waals surface area contributed by atoms with Crippen LogP contribution in [0.25, 0.3) is 11.4 Å². The van der Waals surface area contributed by atoms with Gasteiger partial charge in [-0.05, 0) is 52.4 Å². The molecule has 2 heterocycles.